The van der Waals surface area contributed by atoms with Crippen molar-refractivity contribution in [2.75, 3.05) is 18.1 Å². The second-order valence-electron chi connectivity index (χ2n) is 9.99. The molecular weight excluding hydrogens is 488 g/mol. The standard InChI is InChI=1S/C26H33ClN2O5S/c1-5-11-28(17-9-7-16(27)8-10-17)24(32)22-26-15(4)12-19(35-26)20(25(33)34)21(26)23(31)29(22)18(13-30)14(3)6-2/h5,7-10,14-15,18-22,30H,1,6,11-13H2,2-4H3,(H,33,34)/t14-,15?,18-,19-,20+,21-,22?,26?/m0/s1. The van der Waals surface area contributed by atoms with Crippen LogP contribution in [0.1, 0.15) is 33.6 Å². The molecule has 4 rings (SSSR count). The highest BCUT2D eigenvalue weighted by molar-refractivity contribution is 8.02. The van der Waals surface area contributed by atoms with E-state index in [1.54, 1.807) is 40.1 Å². The number of aliphatic hydroxyl groups excluding tert-OH is 1. The van der Waals surface area contributed by atoms with Gasteiger partial charge in [-0.3, -0.25) is 14.4 Å². The fourth-order valence-corrected chi connectivity index (χ4v) is 8.93. The molecular formula is C26H33ClN2O5S. The Labute approximate surface area is 215 Å². The maximum Gasteiger partial charge on any atom is 0.308 e. The first-order valence-electron chi connectivity index (χ1n) is 12.1. The van der Waals surface area contributed by atoms with Crippen molar-refractivity contribution in [3.8, 4) is 0 Å². The molecule has 0 aliphatic carbocycles. The molecule has 1 spiro atoms. The first kappa shape index (κ1) is 26.0. The molecule has 2 N–H and O–H groups in total. The molecule has 2 amide bonds. The second kappa shape index (κ2) is 9.79. The number of rotatable bonds is 9. The summed E-state index contributed by atoms with van der Waals surface area (Å²) in [6.45, 7) is 9.69. The number of benzene rings is 1. The van der Waals surface area contributed by atoms with Crippen LogP contribution in [0.15, 0.2) is 36.9 Å². The Kier molecular flexibility index (Phi) is 7.28. The van der Waals surface area contributed by atoms with E-state index in [-0.39, 0.29) is 42.1 Å². The van der Waals surface area contributed by atoms with E-state index < -0.39 is 34.6 Å². The first-order chi connectivity index (χ1) is 16.6. The fraction of sp³-hybridized carbons (Fsp3) is 0.577. The highest BCUT2D eigenvalue weighted by Gasteiger charge is 2.77. The molecule has 3 unspecified atom stereocenters. The molecule has 0 aromatic heterocycles. The van der Waals surface area contributed by atoms with Gasteiger partial charge in [-0.25, -0.2) is 0 Å². The van der Waals surface area contributed by atoms with Crippen LogP contribution in [0.4, 0.5) is 5.69 Å². The molecule has 9 heteroatoms. The third-order valence-electron chi connectivity index (χ3n) is 8.26. The lowest BCUT2D eigenvalue weighted by molar-refractivity contribution is -0.150. The molecule has 3 aliphatic rings. The first-order valence-corrected chi connectivity index (χ1v) is 13.4. The zero-order chi connectivity index (χ0) is 25.7. The van der Waals surface area contributed by atoms with E-state index in [4.69, 9.17) is 11.6 Å². The van der Waals surface area contributed by atoms with Crippen molar-refractivity contribution in [1.82, 2.24) is 4.90 Å². The van der Waals surface area contributed by atoms with Crippen LogP contribution in [0, 0.1) is 23.7 Å². The monoisotopic (exact) mass is 520 g/mol. The van der Waals surface area contributed by atoms with Gasteiger partial charge in [0, 0.05) is 22.5 Å². The lowest BCUT2D eigenvalue weighted by Gasteiger charge is -2.43. The van der Waals surface area contributed by atoms with E-state index in [0.717, 1.165) is 0 Å². The van der Waals surface area contributed by atoms with Crippen LogP contribution in [-0.2, 0) is 14.4 Å². The van der Waals surface area contributed by atoms with Gasteiger partial charge in [0.25, 0.3) is 5.91 Å². The molecule has 3 heterocycles. The van der Waals surface area contributed by atoms with Crippen LogP contribution in [-0.4, -0.2) is 68.1 Å². The Bertz CT molecular complexity index is 1020. The summed E-state index contributed by atoms with van der Waals surface area (Å²) < 4.78 is -0.866. The van der Waals surface area contributed by atoms with Gasteiger partial charge in [0.1, 0.15) is 6.04 Å². The van der Waals surface area contributed by atoms with Crippen molar-refractivity contribution < 1.29 is 24.6 Å². The number of carbonyl (C=O) groups is 3. The maximum absolute atomic E-state index is 14.5. The average Bonchev–Trinajstić information content (AvgIpc) is 3.42. The third-order valence-corrected chi connectivity index (χ3v) is 10.6. The molecule has 8 atom stereocenters. The Morgan fingerprint density at radius 1 is 1.37 bits per heavy atom. The van der Waals surface area contributed by atoms with Crippen molar-refractivity contribution in [2.45, 2.75) is 55.7 Å². The Hall–Kier alpha value is -2.03. The molecule has 3 fully saturated rings. The number of carbonyl (C=O) groups excluding carboxylic acids is 2. The summed E-state index contributed by atoms with van der Waals surface area (Å²) >= 11 is 7.58. The summed E-state index contributed by atoms with van der Waals surface area (Å²) in [6.07, 6.45) is 2.97. The minimum Gasteiger partial charge on any atom is -0.481 e. The van der Waals surface area contributed by atoms with Gasteiger partial charge in [0.2, 0.25) is 5.91 Å². The van der Waals surface area contributed by atoms with Gasteiger partial charge in [-0.2, -0.15) is 0 Å². The molecule has 1 aromatic carbocycles. The number of likely N-dealkylation sites (tertiary alicyclic amines) is 1. The highest BCUT2D eigenvalue weighted by atomic mass is 35.5. The van der Waals surface area contributed by atoms with Gasteiger partial charge < -0.3 is 20.0 Å². The van der Waals surface area contributed by atoms with Gasteiger partial charge in [0.15, 0.2) is 0 Å². The van der Waals surface area contributed by atoms with Crippen molar-refractivity contribution in [1.29, 1.82) is 0 Å². The fourth-order valence-electron chi connectivity index (χ4n) is 6.41. The van der Waals surface area contributed by atoms with Crippen LogP contribution in [0.2, 0.25) is 5.02 Å². The van der Waals surface area contributed by atoms with Crippen LogP contribution < -0.4 is 4.90 Å². The molecule has 0 radical (unpaired) electrons. The van der Waals surface area contributed by atoms with Crippen LogP contribution >= 0.6 is 23.4 Å². The zero-order valence-corrected chi connectivity index (χ0v) is 21.8. The molecule has 3 aliphatic heterocycles. The number of amides is 2. The molecule has 35 heavy (non-hydrogen) atoms. The minimum atomic E-state index is -0.993. The smallest absolute Gasteiger partial charge is 0.308 e. The molecule has 7 nitrogen and oxygen atoms in total. The highest BCUT2D eigenvalue weighted by Crippen LogP contribution is 2.69. The minimum absolute atomic E-state index is 0.0342. The summed E-state index contributed by atoms with van der Waals surface area (Å²) in [5, 5.41) is 20.8. The van der Waals surface area contributed by atoms with E-state index in [1.807, 2.05) is 20.8 Å². The number of hydrogen-bond donors (Lipinski definition) is 2. The Morgan fingerprint density at radius 2 is 2.03 bits per heavy atom. The predicted octanol–water partition coefficient (Wildman–Crippen LogP) is 3.69. The van der Waals surface area contributed by atoms with E-state index in [0.29, 0.717) is 23.6 Å². The SMILES string of the molecule is C=CCN(C(=O)C1N([C@@H](CO)[C@@H](C)CC)C(=O)[C@@H]2[C@H](C(=O)O)[C@@H]3CC(C)C12S3)c1ccc(Cl)cc1. The predicted molar refractivity (Wildman–Crippen MR) is 137 cm³/mol. The number of anilines is 1. The van der Waals surface area contributed by atoms with Crippen molar-refractivity contribution in [2.24, 2.45) is 23.7 Å². The molecule has 1 aromatic rings. The van der Waals surface area contributed by atoms with Gasteiger partial charge in [-0.15, -0.1) is 18.3 Å². The van der Waals surface area contributed by atoms with Crippen molar-refractivity contribution in [3.05, 3.63) is 41.9 Å². The summed E-state index contributed by atoms with van der Waals surface area (Å²) in [7, 11) is 0. The van der Waals surface area contributed by atoms with Crippen molar-refractivity contribution >= 4 is 46.8 Å². The normalized spacial score (nSPS) is 32.9. The van der Waals surface area contributed by atoms with Crippen molar-refractivity contribution in [3.63, 3.8) is 0 Å². The summed E-state index contributed by atoms with van der Waals surface area (Å²) in [5.41, 5.74) is 0.621. The number of thioether (sulfide) groups is 1. The Morgan fingerprint density at radius 3 is 2.57 bits per heavy atom. The van der Waals surface area contributed by atoms with E-state index in [2.05, 4.69) is 6.58 Å². The van der Waals surface area contributed by atoms with Gasteiger partial charge in [-0.1, -0.05) is 44.9 Å². The van der Waals surface area contributed by atoms with Gasteiger partial charge in [-0.05, 0) is 42.5 Å². The second-order valence-corrected chi connectivity index (χ2v) is 12.0. The molecule has 190 valence electrons. The lowest BCUT2D eigenvalue weighted by Crippen LogP contribution is -2.60. The topological polar surface area (TPSA) is 98.2 Å². The van der Waals surface area contributed by atoms with E-state index in [9.17, 15) is 24.6 Å². The largest absolute Gasteiger partial charge is 0.481 e. The number of aliphatic hydroxyl groups is 1. The van der Waals surface area contributed by atoms with E-state index >= 15 is 0 Å². The average molecular weight is 521 g/mol. The Balaban J connectivity index is 1.88. The number of fused-ring (bicyclic) bond motifs is 1. The quantitative estimate of drug-likeness (QED) is 0.482. The molecule has 3 saturated heterocycles. The molecule has 2 bridgehead atoms. The lowest BCUT2D eigenvalue weighted by atomic mass is 9.66. The number of nitrogens with zero attached hydrogens (tertiary/aromatic N) is 2. The number of carboxylic acids is 1. The van der Waals surface area contributed by atoms with Crippen LogP contribution in [0.5, 0.6) is 0 Å². The number of halogens is 1. The summed E-state index contributed by atoms with van der Waals surface area (Å²) in [4.78, 5) is 44.0. The van der Waals surface area contributed by atoms with Gasteiger partial charge >= 0.3 is 5.97 Å². The van der Waals surface area contributed by atoms with E-state index in [1.165, 1.54) is 11.8 Å². The number of carboxylic acid groups (broad SMARTS) is 1. The van der Waals surface area contributed by atoms with Crippen LogP contribution in [0.3, 0.4) is 0 Å². The molecule has 0 saturated carbocycles. The number of hydrogen-bond acceptors (Lipinski definition) is 5. The summed E-state index contributed by atoms with van der Waals surface area (Å²) in [5.74, 6) is -3.36. The maximum atomic E-state index is 14.5. The van der Waals surface area contributed by atoms with Crippen LogP contribution in [0.25, 0.3) is 0 Å². The number of aliphatic carboxylic acids is 1. The third kappa shape index (κ3) is 3.89. The zero-order valence-electron chi connectivity index (χ0n) is 20.3. The summed E-state index contributed by atoms with van der Waals surface area (Å²) in [6, 6.07) is 5.43. The van der Waals surface area contributed by atoms with Gasteiger partial charge in [0.05, 0.1) is 29.2 Å².